The monoisotopic (exact) mass is 646 g/mol. The lowest BCUT2D eigenvalue weighted by Crippen LogP contribution is -2.46. The van der Waals surface area contributed by atoms with E-state index in [1.807, 2.05) is 38.1 Å². The van der Waals surface area contributed by atoms with E-state index in [0.29, 0.717) is 30.7 Å². The number of sulfonamides is 1. The Bertz CT molecular complexity index is 1300. The summed E-state index contributed by atoms with van der Waals surface area (Å²) in [4.78, 5) is 20.0. The highest BCUT2D eigenvalue weighted by molar-refractivity contribution is 8.13. The second-order valence-corrected chi connectivity index (χ2v) is 14.5. The summed E-state index contributed by atoms with van der Waals surface area (Å²) in [5.74, 6) is 0.306. The first-order chi connectivity index (χ1) is 20.0. The number of nitrogens with zero attached hydrogens (tertiary/aromatic N) is 3. The Morgan fingerprint density at radius 1 is 0.905 bits per heavy atom. The number of carbonyl (C=O) groups excluding carboxylic acids is 1. The molecule has 14 heteroatoms. The fraction of sp³-hybridized carbons (Fsp3) is 0.571. The molecule has 1 saturated heterocycles. The molecule has 0 radical (unpaired) electrons. The van der Waals surface area contributed by atoms with Gasteiger partial charge >= 0.3 is 5.97 Å². The van der Waals surface area contributed by atoms with Crippen LogP contribution in [0.2, 0.25) is 0 Å². The number of benzene rings is 1. The minimum Gasteiger partial charge on any atom is -0.491 e. The first-order valence-corrected chi connectivity index (χ1v) is 18.3. The number of anilines is 3. The third-order valence-corrected chi connectivity index (χ3v) is 9.02. The Kier molecular flexibility index (Phi) is 15.2. The molecule has 1 aliphatic heterocycles. The van der Waals surface area contributed by atoms with E-state index in [-0.39, 0.29) is 30.5 Å². The van der Waals surface area contributed by atoms with Crippen molar-refractivity contribution in [2.75, 3.05) is 65.9 Å². The zero-order chi connectivity index (χ0) is 31.0. The number of hydrogen-bond acceptors (Lipinski definition) is 10. The maximum absolute atomic E-state index is 12.6. The zero-order valence-electron chi connectivity index (χ0n) is 24.6. The lowest BCUT2D eigenvalue weighted by Gasteiger charge is -2.37. The highest BCUT2D eigenvalue weighted by Crippen LogP contribution is 2.32. The van der Waals surface area contributed by atoms with Crippen molar-refractivity contribution >= 4 is 52.8 Å². The topological polar surface area (TPSA) is 135 Å². The van der Waals surface area contributed by atoms with E-state index < -0.39 is 19.1 Å². The van der Waals surface area contributed by atoms with Gasteiger partial charge < -0.3 is 19.3 Å². The van der Waals surface area contributed by atoms with E-state index in [2.05, 4.69) is 24.2 Å². The Hall–Kier alpha value is -2.77. The van der Waals surface area contributed by atoms with E-state index in [4.69, 9.17) is 15.4 Å². The predicted molar refractivity (Wildman–Crippen MR) is 169 cm³/mol. The van der Waals surface area contributed by atoms with Gasteiger partial charge in [0.2, 0.25) is 19.1 Å². The van der Waals surface area contributed by atoms with Gasteiger partial charge in [-0.05, 0) is 49.6 Å². The number of pyridine rings is 1. The van der Waals surface area contributed by atoms with Crippen LogP contribution in [0.4, 0.5) is 17.1 Å². The summed E-state index contributed by atoms with van der Waals surface area (Å²) in [5.41, 5.74) is 2.50. The number of unbranched alkanes of at least 4 members (excludes halogenated alkanes) is 2. The molecule has 1 N–H and O–H groups in total. The van der Waals surface area contributed by atoms with Crippen LogP contribution in [0.5, 0.6) is 5.75 Å². The number of nitrogens with one attached hydrogen (secondary N) is 1. The van der Waals surface area contributed by atoms with E-state index in [9.17, 15) is 21.6 Å². The molecule has 1 aromatic carbocycles. The van der Waals surface area contributed by atoms with Crippen molar-refractivity contribution in [2.24, 2.45) is 0 Å². The van der Waals surface area contributed by atoms with Crippen LogP contribution in [0.3, 0.4) is 0 Å². The minimum atomic E-state index is -3.50. The third-order valence-electron chi connectivity index (χ3n) is 6.42. The Morgan fingerprint density at radius 3 is 2.05 bits per heavy atom. The lowest BCUT2D eigenvalue weighted by molar-refractivity contribution is -0.140. The van der Waals surface area contributed by atoms with Crippen LogP contribution in [-0.4, -0.2) is 79.2 Å². The normalized spacial score (nSPS) is 13.6. The maximum atomic E-state index is 12.6. The molecule has 0 unspecified atom stereocenters. The van der Waals surface area contributed by atoms with E-state index >= 15 is 0 Å². The van der Waals surface area contributed by atoms with Crippen LogP contribution in [0.25, 0.3) is 0 Å². The van der Waals surface area contributed by atoms with Gasteiger partial charge in [0.05, 0.1) is 30.9 Å². The van der Waals surface area contributed by atoms with Crippen molar-refractivity contribution in [1.82, 2.24) is 4.98 Å². The van der Waals surface area contributed by atoms with Crippen LogP contribution in [-0.2, 0) is 28.6 Å². The Morgan fingerprint density at radius 2 is 1.50 bits per heavy atom. The summed E-state index contributed by atoms with van der Waals surface area (Å²) < 4.78 is 58.7. The van der Waals surface area contributed by atoms with Crippen molar-refractivity contribution in [3.05, 3.63) is 42.7 Å². The zero-order valence-corrected chi connectivity index (χ0v) is 27.0. The molecular weight excluding hydrogens is 604 g/mol. The molecule has 0 saturated carbocycles. The number of aromatic nitrogens is 1. The van der Waals surface area contributed by atoms with Gasteiger partial charge in [0, 0.05) is 67.1 Å². The number of esters is 1. The van der Waals surface area contributed by atoms with Crippen molar-refractivity contribution in [1.29, 1.82) is 0 Å². The van der Waals surface area contributed by atoms with Gasteiger partial charge in [-0.2, -0.15) is 0 Å². The smallest absolute Gasteiger partial charge is 0.305 e. The summed E-state index contributed by atoms with van der Waals surface area (Å²) in [6.45, 7) is 7.48. The summed E-state index contributed by atoms with van der Waals surface area (Å²) in [5, 5.41) is 0. The van der Waals surface area contributed by atoms with Gasteiger partial charge in [-0.1, -0.05) is 26.7 Å². The first-order valence-electron chi connectivity index (χ1n) is 14.1. The summed E-state index contributed by atoms with van der Waals surface area (Å²) in [7, 11) is -0.477. The number of carbonyl (C=O) groups is 1. The van der Waals surface area contributed by atoms with E-state index in [0.717, 1.165) is 50.4 Å². The first kappa shape index (κ1) is 35.4. The molecule has 3 rings (SSSR count). The summed E-state index contributed by atoms with van der Waals surface area (Å²) in [6.07, 6.45) is 7.21. The molecule has 0 atom stereocenters. The van der Waals surface area contributed by atoms with Crippen LogP contribution in [0, 0.1) is 0 Å². The molecular formula is C28H43ClN4O7S2. The Labute approximate surface area is 255 Å². The average Bonchev–Trinajstić information content (AvgIpc) is 2.98. The molecule has 1 aromatic heterocycles. The Balaban J connectivity index is 0.000000675. The largest absolute Gasteiger partial charge is 0.491 e. The second kappa shape index (κ2) is 18.0. The number of halogens is 1. The molecule has 0 amide bonds. The standard InChI is InChI=1S/C24H34N4O5S.C4H9ClO2S/c1-3-4-18-34(30,31)26-22-19-21(7-8-23(22)33-17-5-6-24(29)32-2)28-15-13-27(14-16-28)20-9-11-25-12-10-20;1-2-3-4-8(5,6)7/h7-12,19,26H,3-6,13-18H2,1-2H3;2-4H2,1H3. The highest BCUT2D eigenvalue weighted by Gasteiger charge is 2.20. The predicted octanol–water partition coefficient (Wildman–Crippen LogP) is 4.64. The molecule has 236 valence electrons. The van der Waals surface area contributed by atoms with E-state index in [1.165, 1.54) is 7.11 Å². The van der Waals surface area contributed by atoms with Crippen LogP contribution >= 0.6 is 10.7 Å². The van der Waals surface area contributed by atoms with Gasteiger partial charge in [0.25, 0.3) is 0 Å². The molecule has 0 spiro atoms. The molecule has 0 bridgehead atoms. The third kappa shape index (κ3) is 13.5. The number of rotatable bonds is 15. The molecule has 2 heterocycles. The number of methoxy groups -OCH3 is 1. The van der Waals surface area contributed by atoms with Crippen LogP contribution < -0.4 is 19.3 Å². The lowest BCUT2D eigenvalue weighted by atomic mass is 10.2. The molecule has 2 aromatic rings. The quantitative estimate of drug-likeness (QED) is 0.166. The van der Waals surface area contributed by atoms with Gasteiger partial charge in [-0.3, -0.25) is 14.5 Å². The van der Waals surface area contributed by atoms with Crippen molar-refractivity contribution in [2.45, 2.75) is 52.4 Å². The average molecular weight is 647 g/mol. The molecule has 1 aliphatic rings. The highest BCUT2D eigenvalue weighted by atomic mass is 35.7. The SMILES string of the molecule is CCCCS(=O)(=O)Cl.CCCCS(=O)(=O)Nc1cc(N2CCN(c3ccncc3)CC2)ccc1OCCCC(=O)OC. The van der Waals surface area contributed by atoms with Crippen molar-refractivity contribution in [3.63, 3.8) is 0 Å². The minimum absolute atomic E-state index is 0.0557. The maximum Gasteiger partial charge on any atom is 0.305 e. The van der Waals surface area contributed by atoms with Crippen molar-refractivity contribution in [3.8, 4) is 5.75 Å². The molecule has 42 heavy (non-hydrogen) atoms. The van der Waals surface area contributed by atoms with E-state index in [1.54, 1.807) is 18.5 Å². The summed E-state index contributed by atoms with van der Waals surface area (Å²) in [6, 6.07) is 9.58. The second-order valence-electron chi connectivity index (χ2n) is 9.76. The number of ether oxygens (including phenoxy) is 2. The molecule has 1 fully saturated rings. The van der Waals surface area contributed by atoms with Gasteiger partial charge in [-0.25, -0.2) is 16.8 Å². The van der Waals surface area contributed by atoms with Crippen LogP contribution in [0.15, 0.2) is 42.7 Å². The molecule has 0 aliphatic carbocycles. The van der Waals surface area contributed by atoms with Crippen molar-refractivity contribution < 1.29 is 31.1 Å². The number of hydrogen-bond donors (Lipinski definition) is 1. The fourth-order valence-corrected chi connectivity index (χ4v) is 6.29. The fourth-order valence-electron chi connectivity index (χ4n) is 4.07. The number of piperazine rings is 1. The van der Waals surface area contributed by atoms with Gasteiger partial charge in [0.15, 0.2) is 0 Å². The van der Waals surface area contributed by atoms with Gasteiger partial charge in [-0.15, -0.1) is 0 Å². The summed E-state index contributed by atoms with van der Waals surface area (Å²) >= 11 is 0. The molecule has 11 nitrogen and oxygen atoms in total. The van der Waals surface area contributed by atoms with Gasteiger partial charge in [0.1, 0.15) is 5.75 Å². The van der Waals surface area contributed by atoms with Crippen LogP contribution in [0.1, 0.15) is 52.4 Å².